The summed E-state index contributed by atoms with van der Waals surface area (Å²) in [5, 5.41) is 3.47. The van der Waals surface area contributed by atoms with Crippen molar-refractivity contribution in [1.29, 1.82) is 0 Å². The van der Waals surface area contributed by atoms with Crippen LogP contribution in [0.4, 0.5) is 10.2 Å². The first-order chi connectivity index (χ1) is 16.5. The molecule has 1 saturated heterocycles. The molecule has 9 heteroatoms. The molecule has 1 amide bonds. The number of amides is 1. The number of carbonyl (C=O) groups is 1. The Morgan fingerprint density at radius 2 is 1.88 bits per heavy atom. The molecule has 3 aromatic rings. The number of hydrogen-bond acceptors (Lipinski definition) is 6. The number of nitrogens with zero attached hydrogens (tertiary/aromatic N) is 3. The number of pyridine rings is 1. The largest absolute Gasteiger partial charge is 0.367 e. The number of thiocarbonyl (C=S) groups is 1. The molecule has 5 rings (SSSR count). The lowest BCUT2D eigenvalue weighted by Crippen LogP contribution is -2.28. The van der Waals surface area contributed by atoms with Crippen molar-refractivity contribution in [3.63, 3.8) is 0 Å². The van der Waals surface area contributed by atoms with Crippen molar-refractivity contribution in [3.05, 3.63) is 80.9 Å². The Balaban J connectivity index is 1.50. The third-order valence-electron chi connectivity index (χ3n) is 6.12. The Morgan fingerprint density at radius 1 is 1.12 bits per heavy atom. The molecule has 2 aromatic heterocycles. The van der Waals surface area contributed by atoms with Crippen molar-refractivity contribution < 1.29 is 9.18 Å². The molecule has 3 heterocycles. The van der Waals surface area contributed by atoms with Crippen LogP contribution in [0.2, 0.25) is 0 Å². The summed E-state index contributed by atoms with van der Waals surface area (Å²) in [6.45, 7) is 0.240. The van der Waals surface area contributed by atoms with Crippen LogP contribution in [0.25, 0.3) is 11.7 Å². The molecule has 0 spiro atoms. The number of anilines is 1. The van der Waals surface area contributed by atoms with E-state index in [2.05, 4.69) is 5.32 Å². The number of rotatable bonds is 5. The SMILES string of the molecule is O=C1C(=Cc2c(NC3CCCCC3)nc3ccccn3c2=O)SC(=S)N1Cc1ccc(F)cc1. The molecular weight excluding hydrogens is 471 g/mol. The molecule has 34 heavy (non-hydrogen) atoms. The average Bonchev–Trinajstić information content (AvgIpc) is 3.11. The van der Waals surface area contributed by atoms with Gasteiger partial charge >= 0.3 is 0 Å². The lowest BCUT2D eigenvalue weighted by Gasteiger charge is -2.24. The van der Waals surface area contributed by atoms with Crippen LogP contribution in [0.15, 0.2) is 58.4 Å². The quantitative estimate of drug-likeness (QED) is 0.399. The molecule has 6 nitrogen and oxygen atoms in total. The number of aromatic nitrogens is 2. The standard InChI is InChI=1S/C25H23FN4O2S2/c26-17-11-9-16(10-12-17)15-30-24(32)20(34-25(30)33)14-19-22(27-18-6-2-1-3-7-18)28-21-8-4-5-13-29(21)23(19)31/h4-5,8-14,18,27H,1-3,6-7,15H2. The Bertz CT molecular complexity index is 1350. The van der Waals surface area contributed by atoms with E-state index in [4.69, 9.17) is 17.2 Å². The van der Waals surface area contributed by atoms with Crippen LogP contribution in [0.3, 0.4) is 0 Å². The molecule has 174 valence electrons. The number of halogens is 1. The molecule has 1 aliphatic heterocycles. The lowest BCUT2D eigenvalue weighted by molar-refractivity contribution is -0.122. The van der Waals surface area contributed by atoms with Gasteiger partial charge in [0.05, 0.1) is 17.0 Å². The second kappa shape index (κ2) is 9.68. The van der Waals surface area contributed by atoms with Crippen LogP contribution in [-0.4, -0.2) is 30.6 Å². The number of fused-ring (bicyclic) bond motifs is 1. The predicted molar refractivity (Wildman–Crippen MR) is 137 cm³/mol. The highest BCUT2D eigenvalue weighted by molar-refractivity contribution is 8.26. The average molecular weight is 495 g/mol. The summed E-state index contributed by atoms with van der Waals surface area (Å²) in [6, 6.07) is 11.6. The molecule has 2 fully saturated rings. The van der Waals surface area contributed by atoms with Gasteiger partial charge in [0.2, 0.25) is 0 Å². The zero-order valence-electron chi connectivity index (χ0n) is 18.4. The van der Waals surface area contributed by atoms with Crippen molar-refractivity contribution in [2.24, 2.45) is 0 Å². The molecule has 0 bridgehead atoms. The third kappa shape index (κ3) is 4.63. The molecule has 1 saturated carbocycles. The predicted octanol–water partition coefficient (Wildman–Crippen LogP) is 4.98. The van der Waals surface area contributed by atoms with Crippen LogP contribution >= 0.6 is 24.0 Å². The number of carbonyl (C=O) groups excluding carboxylic acids is 1. The molecular formula is C25H23FN4O2S2. The molecule has 0 unspecified atom stereocenters. The molecule has 1 aromatic carbocycles. The summed E-state index contributed by atoms with van der Waals surface area (Å²) >= 11 is 6.61. The van der Waals surface area contributed by atoms with Crippen molar-refractivity contribution >= 4 is 51.7 Å². The van der Waals surface area contributed by atoms with E-state index < -0.39 is 0 Å². The normalized spacial score (nSPS) is 18.3. The minimum Gasteiger partial charge on any atom is -0.367 e. The van der Waals surface area contributed by atoms with Gasteiger partial charge in [-0.1, -0.05) is 61.4 Å². The first-order valence-corrected chi connectivity index (χ1v) is 12.5. The Hall–Kier alpha value is -3.04. The van der Waals surface area contributed by atoms with Crippen LogP contribution < -0.4 is 10.9 Å². The number of hydrogen-bond donors (Lipinski definition) is 1. The van der Waals surface area contributed by atoms with Gasteiger partial charge in [-0.25, -0.2) is 9.37 Å². The van der Waals surface area contributed by atoms with E-state index in [-0.39, 0.29) is 29.9 Å². The van der Waals surface area contributed by atoms with Crippen LogP contribution in [0.5, 0.6) is 0 Å². The highest BCUT2D eigenvalue weighted by Gasteiger charge is 2.33. The number of nitrogens with one attached hydrogen (secondary N) is 1. The minimum atomic E-state index is -0.337. The number of benzene rings is 1. The van der Waals surface area contributed by atoms with E-state index in [9.17, 15) is 14.0 Å². The molecule has 0 atom stereocenters. The van der Waals surface area contributed by atoms with E-state index in [1.807, 2.05) is 6.07 Å². The highest BCUT2D eigenvalue weighted by atomic mass is 32.2. The van der Waals surface area contributed by atoms with E-state index in [1.165, 1.54) is 27.9 Å². The highest BCUT2D eigenvalue weighted by Crippen LogP contribution is 2.34. The first kappa shape index (κ1) is 22.7. The second-order valence-electron chi connectivity index (χ2n) is 8.48. The van der Waals surface area contributed by atoms with Gasteiger partial charge in [0, 0.05) is 12.2 Å². The summed E-state index contributed by atoms with van der Waals surface area (Å²) in [7, 11) is 0. The summed E-state index contributed by atoms with van der Waals surface area (Å²) < 4.78 is 15.1. The van der Waals surface area contributed by atoms with Gasteiger partial charge in [-0.15, -0.1) is 0 Å². The molecule has 2 aliphatic rings. The maximum atomic E-state index is 13.4. The maximum absolute atomic E-state index is 13.4. The van der Waals surface area contributed by atoms with E-state index in [0.717, 1.165) is 43.0 Å². The molecule has 0 radical (unpaired) electrons. The smallest absolute Gasteiger partial charge is 0.267 e. The van der Waals surface area contributed by atoms with Crippen molar-refractivity contribution in [2.45, 2.75) is 44.7 Å². The van der Waals surface area contributed by atoms with Crippen LogP contribution in [-0.2, 0) is 11.3 Å². The van der Waals surface area contributed by atoms with Gasteiger partial charge in [0.15, 0.2) is 0 Å². The van der Waals surface area contributed by atoms with Gasteiger partial charge in [0.25, 0.3) is 11.5 Å². The van der Waals surface area contributed by atoms with Crippen LogP contribution in [0, 0.1) is 5.82 Å². The summed E-state index contributed by atoms with van der Waals surface area (Å²) in [6.07, 6.45) is 8.82. The second-order valence-corrected chi connectivity index (χ2v) is 10.2. The van der Waals surface area contributed by atoms with Crippen LogP contribution in [0.1, 0.15) is 43.2 Å². The minimum absolute atomic E-state index is 0.240. The molecule has 1 N–H and O–H groups in total. The maximum Gasteiger partial charge on any atom is 0.267 e. The summed E-state index contributed by atoms with van der Waals surface area (Å²) in [5.41, 5.74) is 1.42. The Kier molecular flexibility index (Phi) is 6.47. The Morgan fingerprint density at radius 3 is 2.65 bits per heavy atom. The fourth-order valence-corrected chi connectivity index (χ4v) is 5.56. The fraction of sp³-hybridized carbons (Fsp3) is 0.280. The van der Waals surface area contributed by atoms with Gasteiger partial charge in [0.1, 0.15) is 21.6 Å². The zero-order valence-corrected chi connectivity index (χ0v) is 20.0. The number of thioether (sulfide) groups is 1. The fourth-order valence-electron chi connectivity index (χ4n) is 4.32. The first-order valence-electron chi connectivity index (χ1n) is 11.3. The van der Waals surface area contributed by atoms with Crippen molar-refractivity contribution in [1.82, 2.24) is 14.3 Å². The zero-order chi connectivity index (χ0) is 23.7. The van der Waals surface area contributed by atoms with Gasteiger partial charge in [-0.05, 0) is 48.7 Å². The van der Waals surface area contributed by atoms with E-state index in [0.29, 0.717) is 26.3 Å². The lowest BCUT2D eigenvalue weighted by atomic mass is 9.95. The topological polar surface area (TPSA) is 66.7 Å². The summed E-state index contributed by atoms with van der Waals surface area (Å²) in [5.74, 6) is -0.122. The molecule has 1 aliphatic carbocycles. The van der Waals surface area contributed by atoms with Gasteiger partial charge in [-0.2, -0.15) is 0 Å². The monoisotopic (exact) mass is 494 g/mol. The van der Waals surface area contributed by atoms with Crippen molar-refractivity contribution in [2.75, 3.05) is 5.32 Å². The third-order valence-corrected chi connectivity index (χ3v) is 7.50. The summed E-state index contributed by atoms with van der Waals surface area (Å²) in [4.78, 5) is 33.2. The van der Waals surface area contributed by atoms with E-state index >= 15 is 0 Å². The Labute approximate surface area is 205 Å². The van der Waals surface area contributed by atoms with Gasteiger partial charge < -0.3 is 5.32 Å². The van der Waals surface area contributed by atoms with Crippen molar-refractivity contribution in [3.8, 4) is 0 Å². The van der Waals surface area contributed by atoms with Gasteiger partial charge in [-0.3, -0.25) is 18.9 Å². The van der Waals surface area contributed by atoms with E-state index in [1.54, 1.807) is 36.5 Å².